The van der Waals surface area contributed by atoms with E-state index in [0.717, 1.165) is 18.8 Å². The second-order valence-corrected chi connectivity index (χ2v) is 5.14. The quantitative estimate of drug-likeness (QED) is 0.793. The molecule has 4 heteroatoms. The van der Waals surface area contributed by atoms with Crippen molar-refractivity contribution < 1.29 is 0 Å². The van der Waals surface area contributed by atoms with Crippen LogP contribution in [0.3, 0.4) is 0 Å². The highest BCUT2D eigenvalue weighted by Crippen LogP contribution is 2.13. The Morgan fingerprint density at radius 1 is 1.29 bits per heavy atom. The van der Waals surface area contributed by atoms with Gasteiger partial charge in [-0.2, -0.15) is 5.10 Å². The Kier molecular flexibility index (Phi) is 5.62. The molecule has 1 aromatic rings. The number of hydrogen-bond acceptors (Lipinski definition) is 3. The molecule has 98 valence electrons. The van der Waals surface area contributed by atoms with Crippen LogP contribution in [0.4, 0.5) is 0 Å². The van der Waals surface area contributed by atoms with Gasteiger partial charge in [-0.15, -0.1) is 0 Å². The van der Waals surface area contributed by atoms with Crippen molar-refractivity contribution in [3.8, 4) is 0 Å². The minimum atomic E-state index is 0.388. The van der Waals surface area contributed by atoms with Crippen LogP contribution in [0.1, 0.15) is 52.9 Å². The van der Waals surface area contributed by atoms with Gasteiger partial charge in [-0.1, -0.05) is 13.8 Å². The fraction of sp³-hybridized carbons (Fsp3) is 0.846. The highest BCUT2D eigenvalue weighted by atomic mass is 15.3. The fourth-order valence-electron chi connectivity index (χ4n) is 1.89. The molecular weight excluding hydrogens is 212 g/mol. The molecule has 4 nitrogen and oxygen atoms in total. The monoisotopic (exact) mass is 238 g/mol. The lowest BCUT2D eigenvalue weighted by atomic mass is 9.99. The maximum atomic E-state index is 4.36. The molecule has 2 unspecified atom stereocenters. The number of hydrogen-bond donors (Lipinski definition) is 1. The summed E-state index contributed by atoms with van der Waals surface area (Å²) in [5, 5.41) is 7.81. The van der Waals surface area contributed by atoms with Crippen molar-refractivity contribution >= 4 is 0 Å². The molecule has 0 aliphatic rings. The molecule has 0 saturated carbocycles. The molecule has 1 rings (SSSR count). The van der Waals surface area contributed by atoms with Gasteiger partial charge in [0.2, 0.25) is 0 Å². The third-order valence-corrected chi connectivity index (χ3v) is 3.21. The summed E-state index contributed by atoms with van der Waals surface area (Å²) in [5.74, 6) is 1.67. The smallest absolute Gasteiger partial charge is 0.138 e. The lowest BCUT2D eigenvalue weighted by molar-refractivity contribution is 0.379. The minimum Gasteiger partial charge on any atom is -0.314 e. The molecule has 17 heavy (non-hydrogen) atoms. The third-order valence-electron chi connectivity index (χ3n) is 3.21. The molecule has 0 saturated heterocycles. The first-order valence-electron chi connectivity index (χ1n) is 6.68. The average Bonchev–Trinajstić information content (AvgIpc) is 2.73. The van der Waals surface area contributed by atoms with Crippen molar-refractivity contribution in [1.82, 2.24) is 20.1 Å². The van der Waals surface area contributed by atoms with Gasteiger partial charge in [0.25, 0.3) is 0 Å². The van der Waals surface area contributed by atoms with E-state index in [2.05, 4.69) is 50.0 Å². The van der Waals surface area contributed by atoms with Crippen molar-refractivity contribution in [3.05, 3.63) is 12.2 Å². The van der Waals surface area contributed by atoms with Crippen LogP contribution < -0.4 is 5.32 Å². The first-order valence-corrected chi connectivity index (χ1v) is 6.68. The van der Waals surface area contributed by atoms with Crippen LogP contribution in [-0.4, -0.2) is 27.4 Å². The Morgan fingerprint density at radius 3 is 2.59 bits per heavy atom. The number of nitrogens with one attached hydrogen (secondary N) is 1. The van der Waals surface area contributed by atoms with E-state index in [1.807, 2.05) is 4.68 Å². The zero-order valence-electron chi connectivity index (χ0n) is 11.8. The Labute approximate surface area is 105 Å². The largest absolute Gasteiger partial charge is 0.314 e. The summed E-state index contributed by atoms with van der Waals surface area (Å²) in [7, 11) is 0. The van der Waals surface area contributed by atoms with Crippen LogP contribution in [0, 0.1) is 5.92 Å². The van der Waals surface area contributed by atoms with Crippen molar-refractivity contribution in [2.24, 2.45) is 5.92 Å². The lowest BCUT2D eigenvalue weighted by Gasteiger charge is -2.21. The molecule has 0 amide bonds. The number of nitrogens with zero attached hydrogens (tertiary/aromatic N) is 3. The summed E-state index contributed by atoms with van der Waals surface area (Å²) < 4.78 is 2.02. The van der Waals surface area contributed by atoms with Gasteiger partial charge < -0.3 is 5.32 Å². The summed E-state index contributed by atoms with van der Waals surface area (Å²) in [6.45, 7) is 12.1. The van der Waals surface area contributed by atoms with E-state index >= 15 is 0 Å². The van der Waals surface area contributed by atoms with Gasteiger partial charge in [0.1, 0.15) is 12.2 Å². The average molecular weight is 238 g/mol. The second-order valence-electron chi connectivity index (χ2n) is 5.14. The zero-order chi connectivity index (χ0) is 12.8. The van der Waals surface area contributed by atoms with Crippen molar-refractivity contribution in [2.45, 2.75) is 59.5 Å². The SMILES string of the molecule is CCCNC(C)C(C)Cc1ncnn1C(C)C. The maximum absolute atomic E-state index is 4.36. The summed E-state index contributed by atoms with van der Waals surface area (Å²) in [5.41, 5.74) is 0. The maximum Gasteiger partial charge on any atom is 0.138 e. The first-order chi connectivity index (χ1) is 8.06. The van der Waals surface area contributed by atoms with Gasteiger partial charge in [0, 0.05) is 18.5 Å². The molecule has 0 spiro atoms. The Bertz CT molecular complexity index is 319. The summed E-state index contributed by atoms with van der Waals surface area (Å²) >= 11 is 0. The van der Waals surface area contributed by atoms with Crippen LogP contribution >= 0.6 is 0 Å². The van der Waals surface area contributed by atoms with E-state index in [0.29, 0.717) is 18.0 Å². The molecule has 0 aliphatic carbocycles. The van der Waals surface area contributed by atoms with Gasteiger partial charge in [-0.05, 0) is 39.7 Å². The van der Waals surface area contributed by atoms with Crippen molar-refractivity contribution in [3.63, 3.8) is 0 Å². The molecule has 0 bridgehead atoms. The fourth-order valence-corrected chi connectivity index (χ4v) is 1.89. The molecule has 1 heterocycles. The van der Waals surface area contributed by atoms with Gasteiger partial charge in [-0.3, -0.25) is 0 Å². The van der Waals surface area contributed by atoms with E-state index < -0.39 is 0 Å². The van der Waals surface area contributed by atoms with E-state index in [4.69, 9.17) is 0 Å². The van der Waals surface area contributed by atoms with Gasteiger partial charge in [0.15, 0.2) is 0 Å². The topological polar surface area (TPSA) is 42.7 Å². The predicted octanol–water partition coefficient (Wildman–Crippen LogP) is 2.43. The Morgan fingerprint density at radius 2 is 2.00 bits per heavy atom. The highest BCUT2D eigenvalue weighted by molar-refractivity contribution is 4.90. The van der Waals surface area contributed by atoms with E-state index in [-0.39, 0.29) is 0 Å². The van der Waals surface area contributed by atoms with Crippen LogP contribution in [0.5, 0.6) is 0 Å². The van der Waals surface area contributed by atoms with Gasteiger partial charge in [0.05, 0.1) is 0 Å². The number of rotatable bonds is 7. The highest BCUT2D eigenvalue weighted by Gasteiger charge is 2.16. The lowest BCUT2D eigenvalue weighted by Crippen LogP contribution is -2.34. The van der Waals surface area contributed by atoms with E-state index in [1.54, 1.807) is 6.33 Å². The molecule has 2 atom stereocenters. The number of aromatic nitrogens is 3. The molecule has 1 N–H and O–H groups in total. The normalized spacial score (nSPS) is 15.2. The molecule has 0 radical (unpaired) electrons. The first kappa shape index (κ1) is 14.2. The minimum absolute atomic E-state index is 0.388. The zero-order valence-corrected chi connectivity index (χ0v) is 11.8. The molecule has 0 aromatic carbocycles. The van der Waals surface area contributed by atoms with Crippen molar-refractivity contribution in [1.29, 1.82) is 0 Å². The predicted molar refractivity (Wildman–Crippen MR) is 71.0 cm³/mol. The second kappa shape index (κ2) is 6.74. The van der Waals surface area contributed by atoms with Crippen molar-refractivity contribution in [2.75, 3.05) is 6.54 Å². The molecule has 0 fully saturated rings. The molecule has 0 aliphatic heterocycles. The summed E-state index contributed by atoms with van der Waals surface area (Å²) in [6, 6.07) is 0.908. The molecule has 1 aromatic heterocycles. The van der Waals surface area contributed by atoms with Crippen LogP contribution in [0.25, 0.3) is 0 Å². The summed E-state index contributed by atoms with van der Waals surface area (Å²) in [4.78, 5) is 4.36. The van der Waals surface area contributed by atoms with Gasteiger partial charge in [-0.25, -0.2) is 9.67 Å². The Hall–Kier alpha value is -0.900. The molecular formula is C13H26N4. The summed E-state index contributed by atoms with van der Waals surface area (Å²) in [6.07, 6.45) is 3.82. The van der Waals surface area contributed by atoms with Crippen LogP contribution in [0.2, 0.25) is 0 Å². The van der Waals surface area contributed by atoms with E-state index in [9.17, 15) is 0 Å². The standard InChI is InChI=1S/C13H26N4/c1-6-7-14-12(5)11(4)8-13-15-9-16-17(13)10(2)3/h9-12,14H,6-8H2,1-5H3. The van der Waals surface area contributed by atoms with E-state index in [1.165, 1.54) is 6.42 Å². The Balaban J connectivity index is 2.55. The van der Waals surface area contributed by atoms with Crippen LogP contribution in [0.15, 0.2) is 6.33 Å². The van der Waals surface area contributed by atoms with Gasteiger partial charge >= 0.3 is 0 Å². The van der Waals surface area contributed by atoms with Crippen LogP contribution in [-0.2, 0) is 6.42 Å². The third kappa shape index (κ3) is 4.11.